The highest BCUT2D eigenvalue weighted by Crippen LogP contribution is 2.30. The van der Waals surface area contributed by atoms with Crippen LogP contribution in [0, 0.1) is 5.82 Å². The first-order valence-electron chi connectivity index (χ1n) is 8.53. The van der Waals surface area contributed by atoms with Crippen LogP contribution < -0.4 is 10.1 Å². The van der Waals surface area contributed by atoms with Crippen molar-refractivity contribution in [3.8, 4) is 5.75 Å². The SMILES string of the molecule is COc1cccc(CNC(=O)C2OCC(=O)N(C)C2c2ccccc2F)c1. The number of carbonyl (C=O) groups is 2. The Morgan fingerprint density at radius 2 is 2.07 bits per heavy atom. The molecule has 1 aliphatic rings. The van der Waals surface area contributed by atoms with Gasteiger partial charge in [0.25, 0.3) is 5.91 Å². The maximum Gasteiger partial charge on any atom is 0.251 e. The van der Waals surface area contributed by atoms with Gasteiger partial charge in [0.2, 0.25) is 5.91 Å². The van der Waals surface area contributed by atoms with Crippen molar-refractivity contribution in [2.45, 2.75) is 18.7 Å². The van der Waals surface area contributed by atoms with Crippen molar-refractivity contribution in [1.82, 2.24) is 10.2 Å². The molecule has 1 aliphatic heterocycles. The molecule has 1 heterocycles. The Kier molecular flexibility index (Phi) is 5.71. The molecule has 1 fully saturated rings. The maximum absolute atomic E-state index is 14.3. The minimum absolute atomic E-state index is 0.224. The fourth-order valence-electron chi connectivity index (χ4n) is 3.09. The molecule has 1 saturated heterocycles. The number of hydrogen-bond acceptors (Lipinski definition) is 4. The van der Waals surface area contributed by atoms with E-state index >= 15 is 0 Å². The van der Waals surface area contributed by atoms with E-state index < -0.39 is 23.9 Å². The Bertz CT molecular complexity index is 842. The van der Waals surface area contributed by atoms with Gasteiger partial charge in [-0.1, -0.05) is 30.3 Å². The van der Waals surface area contributed by atoms with Crippen LogP contribution in [0.4, 0.5) is 4.39 Å². The summed E-state index contributed by atoms with van der Waals surface area (Å²) in [6.45, 7) is 0.0379. The van der Waals surface area contributed by atoms with Gasteiger partial charge in [-0.15, -0.1) is 0 Å². The van der Waals surface area contributed by atoms with Gasteiger partial charge >= 0.3 is 0 Å². The van der Waals surface area contributed by atoms with Crippen LogP contribution in [0.3, 0.4) is 0 Å². The van der Waals surface area contributed by atoms with Gasteiger partial charge in [0.15, 0.2) is 6.10 Å². The predicted molar refractivity (Wildman–Crippen MR) is 96.5 cm³/mol. The summed E-state index contributed by atoms with van der Waals surface area (Å²) in [5.74, 6) is -0.519. The summed E-state index contributed by atoms with van der Waals surface area (Å²) in [6, 6.07) is 12.5. The number of nitrogens with zero attached hydrogens (tertiary/aromatic N) is 1. The topological polar surface area (TPSA) is 67.9 Å². The molecular formula is C20H21FN2O4. The number of likely N-dealkylation sites (N-methyl/N-ethyl adjacent to an activating group) is 1. The van der Waals surface area contributed by atoms with Crippen molar-refractivity contribution < 1.29 is 23.5 Å². The number of nitrogens with one attached hydrogen (secondary N) is 1. The number of methoxy groups -OCH3 is 1. The van der Waals surface area contributed by atoms with E-state index in [1.807, 2.05) is 24.3 Å². The molecule has 6 nitrogen and oxygen atoms in total. The lowest BCUT2D eigenvalue weighted by molar-refractivity contribution is -0.162. The van der Waals surface area contributed by atoms with Gasteiger partial charge in [0.05, 0.1) is 13.2 Å². The van der Waals surface area contributed by atoms with Crippen LogP contribution in [0.1, 0.15) is 17.2 Å². The third-order valence-corrected chi connectivity index (χ3v) is 4.57. The maximum atomic E-state index is 14.3. The number of rotatable bonds is 5. The summed E-state index contributed by atoms with van der Waals surface area (Å²) < 4.78 is 25.0. The standard InChI is InChI=1S/C20H21FN2O4/c1-23-17(24)12-27-19(18(23)15-8-3-4-9-16(15)21)20(25)22-11-13-6-5-7-14(10-13)26-2/h3-10,18-19H,11-12H2,1-2H3,(H,22,25). The third-order valence-electron chi connectivity index (χ3n) is 4.57. The minimum Gasteiger partial charge on any atom is -0.497 e. The van der Waals surface area contributed by atoms with E-state index in [2.05, 4.69) is 5.32 Å². The summed E-state index contributed by atoms with van der Waals surface area (Å²) >= 11 is 0. The van der Waals surface area contributed by atoms with Crippen LogP contribution >= 0.6 is 0 Å². The highest BCUT2D eigenvalue weighted by Gasteiger charge is 2.41. The zero-order chi connectivity index (χ0) is 19.4. The first-order chi connectivity index (χ1) is 13.0. The number of benzene rings is 2. The Morgan fingerprint density at radius 3 is 2.81 bits per heavy atom. The fourth-order valence-corrected chi connectivity index (χ4v) is 3.09. The Morgan fingerprint density at radius 1 is 1.30 bits per heavy atom. The third kappa shape index (κ3) is 4.09. The van der Waals surface area contributed by atoms with Crippen molar-refractivity contribution in [3.63, 3.8) is 0 Å². The monoisotopic (exact) mass is 372 g/mol. The summed E-state index contributed by atoms with van der Waals surface area (Å²) in [4.78, 5) is 26.1. The molecule has 0 aliphatic carbocycles. The lowest BCUT2D eigenvalue weighted by atomic mass is 9.97. The number of hydrogen-bond donors (Lipinski definition) is 1. The van der Waals surface area contributed by atoms with Gasteiger partial charge in [-0.25, -0.2) is 4.39 Å². The first-order valence-corrected chi connectivity index (χ1v) is 8.53. The van der Waals surface area contributed by atoms with Gasteiger partial charge in [-0.3, -0.25) is 9.59 Å². The second kappa shape index (κ2) is 8.18. The van der Waals surface area contributed by atoms with Crippen LogP contribution in [0.5, 0.6) is 5.75 Å². The summed E-state index contributed by atoms with van der Waals surface area (Å²) in [5.41, 5.74) is 1.10. The number of carbonyl (C=O) groups excluding carboxylic acids is 2. The average molecular weight is 372 g/mol. The number of ether oxygens (including phenoxy) is 2. The van der Waals surface area contributed by atoms with Gasteiger partial charge in [0.1, 0.15) is 18.2 Å². The molecule has 2 aromatic rings. The second-order valence-electron chi connectivity index (χ2n) is 6.27. The van der Waals surface area contributed by atoms with E-state index in [1.165, 1.54) is 11.0 Å². The molecule has 0 saturated carbocycles. The normalized spacial score (nSPS) is 19.7. The molecule has 142 valence electrons. The Hall–Kier alpha value is -2.93. The fraction of sp³-hybridized carbons (Fsp3) is 0.300. The van der Waals surface area contributed by atoms with E-state index in [0.29, 0.717) is 5.75 Å². The van der Waals surface area contributed by atoms with Crippen LogP contribution in [0.25, 0.3) is 0 Å². The Labute approximate surface area is 156 Å². The van der Waals surface area contributed by atoms with Crippen molar-refractivity contribution in [2.24, 2.45) is 0 Å². The van der Waals surface area contributed by atoms with E-state index in [0.717, 1.165) is 5.56 Å². The zero-order valence-electron chi connectivity index (χ0n) is 15.1. The van der Waals surface area contributed by atoms with E-state index in [-0.39, 0.29) is 24.6 Å². The summed E-state index contributed by atoms with van der Waals surface area (Å²) in [6.07, 6.45) is -1.00. The molecule has 2 amide bonds. The molecule has 2 atom stereocenters. The van der Waals surface area contributed by atoms with Crippen LogP contribution in [0.2, 0.25) is 0 Å². The second-order valence-corrected chi connectivity index (χ2v) is 6.27. The number of amides is 2. The molecule has 3 rings (SSSR count). The first kappa shape index (κ1) is 18.8. The molecule has 0 spiro atoms. The Balaban J connectivity index is 1.78. The molecule has 2 aromatic carbocycles. The molecule has 1 N–H and O–H groups in total. The molecule has 7 heteroatoms. The lowest BCUT2D eigenvalue weighted by Crippen LogP contribution is -2.53. The van der Waals surface area contributed by atoms with Crippen molar-refractivity contribution in [3.05, 3.63) is 65.5 Å². The van der Waals surface area contributed by atoms with E-state index in [4.69, 9.17) is 9.47 Å². The van der Waals surface area contributed by atoms with E-state index in [9.17, 15) is 14.0 Å². The average Bonchev–Trinajstić information content (AvgIpc) is 2.69. The molecule has 0 bridgehead atoms. The smallest absolute Gasteiger partial charge is 0.251 e. The highest BCUT2D eigenvalue weighted by atomic mass is 19.1. The molecule has 27 heavy (non-hydrogen) atoms. The van der Waals surface area contributed by atoms with Crippen LogP contribution in [-0.2, 0) is 20.9 Å². The lowest BCUT2D eigenvalue weighted by Gasteiger charge is -2.38. The highest BCUT2D eigenvalue weighted by molar-refractivity contribution is 5.86. The van der Waals surface area contributed by atoms with Crippen molar-refractivity contribution >= 4 is 11.8 Å². The van der Waals surface area contributed by atoms with Gasteiger partial charge in [-0.2, -0.15) is 0 Å². The molecule has 2 unspecified atom stereocenters. The largest absolute Gasteiger partial charge is 0.497 e. The van der Waals surface area contributed by atoms with Crippen molar-refractivity contribution in [2.75, 3.05) is 20.8 Å². The van der Waals surface area contributed by atoms with E-state index in [1.54, 1.807) is 32.4 Å². The molecule has 0 aromatic heterocycles. The minimum atomic E-state index is -1.00. The summed E-state index contributed by atoms with van der Waals surface area (Å²) in [5, 5.41) is 2.79. The quantitative estimate of drug-likeness (QED) is 0.872. The number of halogens is 1. The zero-order valence-corrected chi connectivity index (χ0v) is 15.1. The summed E-state index contributed by atoms with van der Waals surface area (Å²) in [7, 11) is 3.11. The van der Waals surface area contributed by atoms with Gasteiger partial charge < -0.3 is 19.7 Å². The van der Waals surface area contributed by atoms with Crippen LogP contribution in [-0.4, -0.2) is 43.6 Å². The van der Waals surface area contributed by atoms with Crippen LogP contribution in [0.15, 0.2) is 48.5 Å². The van der Waals surface area contributed by atoms with Gasteiger partial charge in [-0.05, 0) is 23.8 Å². The van der Waals surface area contributed by atoms with Gasteiger partial charge in [0, 0.05) is 19.2 Å². The predicted octanol–water partition coefficient (Wildman–Crippen LogP) is 2.05. The molecule has 0 radical (unpaired) electrons. The molecular weight excluding hydrogens is 351 g/mol. The number of morpholine rings is 1. The van der Waals surface area contributed by atoms with Crippen molar-refractivity contribution in [1.29, 1.82) is 0 Å².